The molecule has 0 bridgehead atoms. The standard InChI is InChI=1S/C16H15ClFN5O/c1-2-23-15(14(17)8-20-23)16(24)21-13-7-19-22(10-13)9-11-3-5-12(18)6-4-11/h3-8,10H,2,9H2,1H3,(H,21,24). The van der Waals surface area contributed by atoms with E-state index in [2.05, 4.69) is 15.5 Å². The average Bonchev–Trinajstić information content (AvgIpc) is 3.15. The molecule has 2 heterocycles. The number of aromatic nitrogens is 4. The highest BCUT2D eigenvalue weighted by Crippen LogP contribution is 2.17. The van der Waals surface area contributed by atoms with Crippen molar-refractivity contribution >= 4 is 23.2 Å². The Kier molecular flexibility index (Phi) is 4.61. The minimum atomic E-state index is -0.347. The number of hydrogen-bond donors (Lipinski definition) is 1. The maximum Gasteiger partial charge on any atom is 0.275 e. The van der Waals surface area contributed by atoms with Crippen molar-refractivity contribution < 1.29 is 9.18 Å². The van der Waals surface area contributed by atoms with Crippen molar-refractivity contribution in [1.29, 1.82) is 0 Å². The number of nitrogens with zero attached hydrogens (tertiary/aromatic N) is 4. The first-order chi connectivity index (χ1) is 11.6. The van der Waals surface area contributed by atoms with Crippen LogP contribution >= 0.6 is 11.6 Å². The Bertz CT molecular complexity index is 856. The molecular weight excluding hydrogens is 333 g/mol. The molecule has 1 amide bonds. The van der Waals surface area contributed by atoms with Gasteiger partial charge < -0.3 is 5.32 Å². The molecule has 24 heavy (non-hydrogen) atoms. The fourth-order valence-corrected chi connectivity index (χ4v) is 2.54. The van der Waals surface area contributed by atoms with Gasteiger partial charge in [0.05, 0.1) is 29.6 Å². The molecule has 0 saturated carbocycles. The van der Waals surface area contributed by atoms with E-state index >= 15 is 0 Å². The third-order valence-electron chi connectivity index (χ3n) is 3.46. The van der Waals surface area contributed by atoms with Crippen LogP contribution < -0.4 is 5.32 Å². The summed E-state index contributed by atoms with van der Waals surface area (Å²) in [4.78, 5) is 12.3. The van der Waals surface area contributed by atoms with E-state index in [0.29, 0.717) is 29.5 Å². The molecule has 124 valence electrons. The summed E-state index contributed by atoms with van der Waals surface area (Å²) in [5.74, 6) is -0.628. The number of halogens is 2. The van der Waals surface area contributed by atoms with E-state index in [1.807, 2.05) is 6.92 Å². The number of benzene rings is 1. The Morgan fingerprint density at radius 3 is 2.71 bits per heavy atom. The molecule has 0 spiro atoms. The lowest BCUT2D eigenvalue weighted by molar-refractivity contribution is 0.101. The van der Waals surface area contributed by atoms with E-state index in [-0.39, 0.29) is 11.7 Å². The lowest BCUT2D eigenvalue weighted by atomic mass is 10.2. The summed E-state index contributed by atoms with van der Waals surface area (Å²) in [5, 5.41) is 11.3. The summed E-state index contributed by atoms with van der Waals surface area (Å²) in [7, 11) is 0. The second-order valence-electron chi connectivity index (χ2n) is 5.16. The Balaban J connectivity index is 1.70. The van der Waals surface area contributed by atoms with Crippen molar-refractivity contribution in [1.82, 2.24) is 19.6 Å². The van der Waals surface area contributed by atoms with E-state index in [4.69, 9.17) is 11.6 Å². The van der Waals surface area contributed by atoms with Crippen molar-refractivity contribution in [3.8, 4) is 0 Å². The monoisotopic (exact) mass is 347 g/mol. The van der Waals surface area contributed by atoms with Gasteiger partial charge in [-0.3, -0.25) is 14.2 Å². The summed E-state index contributed by atoms with van der Waals surface area (Å²) < 4.78 is 16.1. The number of carbonyl (C=O) groups is 1. The molecule has 0 aliphatic carbocycles. The van der Waals surface area contributed by atoms with Crippen LogP contribution in [0.1, 0.15) is 23.0 Å². The van der Waals surface area contributed by atoms with Crippen LogP contribution in [0.5, 0.6) is 0 Å². The molecule has 3 rings (SSSR count). The highest BCUT2D eigenvalue weighted by Gasteiger charge is 2.17. The van der Waals surface area contributed by atoms with E-state index in [9.17, 15) is 9.18 Å². The highest BCUT2D eigenvalue weighted by atomic mass is 35.5. The van der Waals surface area contributed by atoms with Gasteiger partial charge in [0.2, 0.25) is 0 Å². The summed E-state index contributed by atoms with van der Waals surface area (Å²) in [6, 6.07) is 6.18. The molecule has 3 aromatic rings. The first-order valence-electron chi connectivity index (χ1n) is 7.36. The Hall–Kier alpha value is -2.67. The maximum absolute atomic E-state index is 12.9. The van der Waals surface area contributed by atoms with Crippen LogP contribution in [-0.2, 0) is 13.1 Å². The Morgan fingerprint density at radius 2 is 2.00 bits per heavy atom. The first kappa shape index (κ1) is 16.2. The van der Waals surface area contributed by atoms with Gasteiger partial charge in [-0.1, -0.05) is 23.7 Å². The van der Waals surface area contributed by atoms with Gasteiger partial charge in [0.15, 0.2) is 0 Å². The molecule has 0 fully saturated rings. The van der Waals surface area contributed by atoms with Crippen LogP contribution in [0.4, 0.5) is 10.1 Å². The van der Waals surface area contributed by atoms with Crippen molar-refractivity contribution in [3.05, 3.63) is 65.0 Å². The second-order valence-corrected chi connectivity index (χ2v) is 5.57. The van der Waals surface area contributed by atoms with Gasteiger partial charge in [-0.2, -0.15) is 10.2 Å². The van der Waals surface area contributed by atoms with E-state index in [1.165, 1.54) is 23.0 Å². The number of amides is 1. The summed E-state index contributed by atoms with van der Waals surface area (Å²) in [5.41, 5.74) is 1.76. The van der Waals surface area contributed by atoms with Crippen molar-refractivity contribution in [2.75, 3.05) is 5.32 Å². The molecule has 0 unspecified atom stereocenters. The number of anilines is 1. The van der Waals surface area contributed by atoms with Gasteiger partial charge in [-0.15, -0.1) is 0 Å². The normalized spacial score (nSPS) is 10.8. The quantitative estimate of drug-likeness (QED) is 0.770. The second kappa shape index (κ2) is 6.84. The third-order valence-corrected chi connectivity index (χ3v) is 3.73. The lowest BCUT2D eigenvalue weighted by Crippen LogP contribution is -2.17. The van der Waals surface area contributed by atoms with Crippen molar-refractivity contribution in [3.63, 3.8) is 0 Å². The van der Waals surface area contributed by atoms with Gasteiger partial charge in [0.1, 0.15) is 11.5 Å². The fourth-order valence-electron chi connectivity index (χ4n) is 2.31. The molecule has 8 heteroatoms. The van der Waals surface area contributed by atoms with Gasteiger partial charge in [-0.25, -0.2) is 4.39 Å². The zero-order valence-electron chi connectivity index (χ0n) is 12.9. The fraction of sp³-hybridized carbons (Fsp3) is 0.188. The predicted octanol–water partition coefficient (Wildman–Crippen LogP) is 3.19. The summed E-state index contributed by atoms with van der Waals surface area (Å²) >= 11 is 6.01. The van der Waals surface area contributed by atoms with Crippen LogP contribution in [0.25, 0.3) is 0 Å². The molecule has 0 aliphatic heterocycles. The SMILES string of the molecule is CCn1ncc(Cl)c1C(=O)Nc1cnn(Cc2ccc(F)cc2)c1. The highest BCUT2D eigenvalue weighted by molar-refractivity contribution is 6.34. The number of carbonyl (C=O) groups excluding carboxylic acids is 1. The maximum atomic E-state index is 12.9. The summed E-state index contributed by atoms with van der Waals surface area (Å²) in [6.07, 6.45) is 4.68. The first-order valence-corrected chi connectivity index (χ1v) is 7.74. The van der Waals surface area contributed by atoms with Gasteiger partial charge in [-0.05, 0) is 24.6 Å². The third kappa shape index (κ3) is 3.46. The molecule has 1 aromatic carbocycles. The predicted molar refractivity (Wildman–Crippen MR) is 88.6 cm³/mol. The molecule has 0 saturated heterocycles. The molecular formula is C16H15ClFN5O. The smallest absolute Gasteiger partial charge is 0.275 e. The molecule has 0 radical (unpaired) electrons. The van der Waals surface area contributed by atoms with Gasteiger partial charge in [0.25, 0.3) is 5.91 Å². The lowest BCUT2D eigenvalue weighted by Gasteiger charge is -2.05. The minimum absolute atomic E-state index is 0.281. The number of rotatable bonds is 5. The van der Waals surface area contributed by atoms with Crippen molar-refractivity contribution in [2.45, 2.75) is 20.0 Å². The van der Waals surface area contributed by atoms with E-state index < -0.39 is 0 Å². The zero-order valence-corrected chi connectivity index (χ0v) is 13.7. The van der Waals surface area contributed by atoms with Gasteiger partial charge in [0, 0.05) is 12.7 Å². The van der Waals surface area contributed by atoms with Crippen LogP contribution in [-0.4, -0.2) is 25.5 Å². The minimum Gasteiger partial charge on any atom is -0.318 e. The topological polar surface area (TPSA) is 64.7 Å². The van der Waals surface area contributed by atoms with Crippen LogP contribution in [0.3, 0.4) is 0 Å². The number of aryl methyl sites for hydroxylation is 1. The van der Waals surface area contributed by atoms with Gasteiger partial charge >= 0.3 is 0 Å². The number of nitrogens with one attached hydrogen (secondary N) is 1. The average molecular weight is 348 g/mol. The largest absolute Gasteiger partial charge is 0.318 e. The zero-order chi connectivity index (χ0) is 17.1. The molecule has 0 atom stereocenters. The van der Waals surface area contributed by atoms with Crippen LogP contribution in [0.2, 0.25) is 5.02 Å². The molecule has 6 nitrogen and oxygen atoms in total. The summed E-state index contributed by atoms with van der Waals surface area (Å²) in [6.45, 7) is 2.89. The van der Waals surface area contributed by atoms with Crippen LogP contribution in [0.15, 0.2) is 42.9 Å². The Morgan fingerprint density at radius 1 is 1.25 bits per heavy atom. The van der Waals surface area contributed by atoms with E-state index in [0.717, 1.165) is 5.56 Å². The Labute approximate surface area is 142 Å². The van der Waals surface area contributed by atoms with E-state index in [1.54, 1.807) is 29.2 Å². The number of hydrogen-bond acceptors (Lipinski definition) is 3. The van der Waals surface area contributed by atoms with Crippen molar-refractivity contribution in [2.24, 2.45) is 0 Å². The molecule has 1 N–H and O–H groups in total. The molecule has 2 aromatic heterocycles. The molecule has 0 aliphatic rings. The van der Waals surface area contributed by atoms with Crippen LogP contribution in [0, 0.1) is 5.82 Å².